The Morgan fingerprint density at radius 3 is 2.40 bits per heavy atom. The lowest BCUT2D eigenvalue weighted by Crippen LogP contribution is -2.28. The van der Waals surface area contributed by atoms with Crippen molar-refractivity contribution in [2.24, 2.45) is 7.05 Å². The van der Waals surface area contributed by atoms with Crippen molar-refractivity contribution in [2.45, 2.75) is 38.6 Å². The number of sulfonamides is 1. The SMILES string of the molecule is Cc1nn(C)c(C)c1S(=O)(=O)NC(C)c1cnn(-c2cccc3ccccc23)c1C. The average Bonchev–Trinajstić information content (AvgIpc) is 3.20. The summed E-state index contributed by atoms with van der Waals surface area (Å²) in [4.78, 5) is 0.232. The van der Waals surface area contributed by atoms with Crippen LogP contribution in [0, 0.1) is 20.8 Å². The molecule has 0 bridgehead atoms. The maximum Gasteiger partial charge on any atom is 0.244 e. The molecule has 0 spiro atoms. The lowest BCUT2D eigenvalue weighted by molar-refractivity contribution is 0.565. The fourth-order valence-electron chi connectivity index (χ4n) is 3.98. The minimum absolute atomic E-state index is 0.232. The standard InChI is InChI=1S/C22H25N5O2S/c1-14(25-30(28,29)22-15(2)24-26(5)17(22)4)20-13-23-27(16(20)3)21-12-8-10-18-9-6-7-11-19(18)21/h6-14,25H,1-5H3. The summed E-state index contributed by atoms with van der Waals surface area (Å²) in [5, 5.41) is 11.0. The second kappa shape index (κ2) is 7.37. The van der Waals surface area contributed by atoms with Gasteiger partial charge in [0.1, 0.15) is 4.90 Å². The normalized spacial score (nSPS) is 13.1. The van der Waals surface area contributed by atoms with Crippen molar-refractivity contribution in [3.63, 3.8) is 0 Å². The summed E-state index contributed by atoms with van der Waals surface area (Å²) in [6, 6.07) is 13.8. The van der Waals surface area contributed by atoms with Crippen molar-refractivity contribution >= 4 is 20.8 Å². The topological polar surface area (TPSA) is 81.8 Å². The second-order valence-corrected chi connectivity index (χ2v) is 9.21. The molecule has 0 amide bonds. The van der Waals surface area contributed by atoms with E-state index in [0.717, 1.165) is 27.7 Å². The third-order valence-corrected chi connectivity index (χ3v) is 7.34. The van der Waals surface area contributed by atoms with Crippen LogP contribution in [0.2, 0.25) is 0 Å². The van der Waals surface area contributed by atoms with Crippen LogP contribution in [0.25, 0.3) is 16.5 Å². The van der Waals surface area contributed by atoms with Crippen molar-refractivity contribution in [1.82, 2.24) is 24.3 Å². The Bertz CT molecular complexity index is 1350. The summed E-state index contributed by atoms with van der Waals surface area (Å²) in [6.45, 7) is 7.24. The molecule has 2 aromatic carbocycles. The first-order valence-electron chi connectivity index (χ1n) is 9.76. The fourth-order valence-corrected chi connectivity index (χ4v) is 5.64. The Labute approximate surface area is 176 Å². The number of nitrogens with one attached hydrogen (secondary N) is 1. The van der Waals surface area contributed by atoms with Crippen LogP contribution in [0.3, 0.4) is 0 Å². The molecule has 1 unspecified atom stereocenters. The minimum Gasteiger partial charge on any atom is -0.271 e. The molecular weight excluding hydrogens is 398 g/mol. The summed E-state index contributed by atoms with van der Waals surface area (Å²) in [5.41, 5.74) is 3.77. The number of nitrogens with zero attached hydrogens (tertiary/aromatic N) is 4. The van der Waals surface area contributed by atoms with E-state index >= 15 is 0 Å². The van der Waals surface area contributed by atoms with Gasteiger partial charge in [-0.2, -0.15) is 10.2 Å². The molecule has 156 valence electrons. The Morgan fingerprint density at radius 2 is 1.70 bits per heavy atom. The Hall–Kier alpha value is -2.97. The highest BCUT2D eigenvalue weighted by molar-refractivity contribution is 7.89. The van der Waals surface area contributed by atoms with E-state index in [1.165, 1.54) is 0 Å². The maximum atomic E-state index is 13.0. The van der Waals surface area contributed by atoms with Gasteiger partial charge in [-0.05, 0) is 39.1 Å². The highest BCUT2D eigenvalue weighted by Gasteiger charge is 2.27. The van der Waals surface area contributed by atoms with Gasteiger partial charge < -0.3 is 0 Å². The van der Waals surface area contributed by atoms with E-state index in [-0.39, 0.29) is 4.90 Å². The maximum absolute atomic E-state index is 13.0. The van der Waals surface area contributed by atoms with Gasteiger partial charge >= 0.3 is 0 Å². The van der Waals surface area contributed by atoms with Crippen molar-refractivity contribution < 1.29 is 8.42 Å². The first kappa shape index (κ1) is 20.3. The van der Waals surface area contributed by atoms with Crippen LogP contribution in [-0.2, 0) is 17.1 Å². The van der Waals surface area contributed by atoms with Crippen LogP contribution < -0.4 is 4.72 Å². The smallest absolute Gasteiger partial charge is 0.244 e. The zero-order valence-corrected chi connectivity index (χ0v) is 18.5. The number of rotatable bonds is 5. The van der Waals surface area contributed by atoms with Crippen LogP contribution in [0.4, 0.5) is 0 Å². The van der Waals surface area contributed by atoms with Gasteiger partial charge in [-0.3, -0.25) is 4.68 Å². The molecule has 0 saturated carbocycles. The molecule has 1 atom stereocenters. The van der Waals surface area contributed by atoms with Crippen LogP contribution in [0.5, 0.6) is 0 Å². The summed E-state index contributed by atoms with van der Waals surface area (Å²) >= 11 is 0. The molecule has 4 aromatic rings. The predicted molar refractivity (Wildman–Crippen MR) is 117 cm³/mol. The average molecular weight is 424 g/mol. The van der Waals surface area contributed by atoms with Gasteiger partial charge in [-0.1, -0.05) is 36.4 Å². The van der Waals surface area contributed by atoms with Gasteiger partial charge in [0.25, 0.3) is 0 Å². The summed E-state index contributed by atoms with van der Waals surface area (Å²) < 4.78 is 32.3. The summed E-state index contributed by atoms with van der Waals surface area (Å²) in [7, 11) is -1.99. The quantitative estimate of drug-likeness (QED) is 0.530. The summed E-state index contributed by atoms with van der Waals surface area (Å²) in [6.07, 6.45) is 1.73. The van der Waals surface area contributed by atoms with E-state index in [2.05, 4.69) is 33.1 Å². The van der Waals surface area contributed by atoms with Crippen LogP contribution in [0.15, 0.2) is 53.6 Å². The van der Waals surface area contributed by atoms with Crippen molar-refractivity contribution in [3.8, 4) is 5.69 Å². The van der Waals surface area contributed by atoms with Gasteiger partial charge in [0, 0.05) is 29.7 Å². The molecule has 2 heterocycles. The third kappa shape index (κ3) is 3.32. The number of fused-ring (bicyclic) bond motifs is 1. The van der Waals surface area contributed by atoms with Gasteiger partial charge in [0.2, 0.25) is 10.0 Å². The van der Waals surface area contributed by atoms with E-state index in [1.54, 1.807) is 31.8 Å². The molecule has 0 aliphatic heterocycles. The van der Waals surface area contributed by atoms with Crippen LogP contribution in [-0.4, -0.2) is 28.0 Å². The summed E-state index contributed by atoms with van der Waals surface area (Å²) in [5.74, 6) is 0. The molecule has 4 rings (SSSR count). The first-order valence-corrected chi connectivity index (χ1v) is 11.2. The molecule has 0 radical (unpaired) electrons. The Kier molecular flexibility index (Phi) is 4.99. The number of hydrogen-bond donors (Lipinski definition) is 1. The molecule has 0 aliphatic rings. The van der Waals surface area contributed by atoms with Gasteiger partial charge in [0.15, 0.2) is 0 Å². The predicted octanol–water partition coefficient (Wildman–Crippen LogP) is 3.72. The lowest BCUT2D eigenvalue weighted by atomic mass is 10.1. The molecule has 0 aliphatic carbocycles. The van der Waals surface area contributed by atoms with Gasteiger partial charge in [-0.15, -0.1) is 0 Å². The van der Waals surface area contributed by atoms with E-state index < -0.39 is 16.1 Å². The highest BCUT2D eigenvalue weighted by atomic mass is 32.2. The first-order chi connectivity index (χ1) is 14.2. The number of hydrogen-bond acceptors (Lipinski definition) is 4. The van der Waals surface area contributed by atoms with E-state index in [0.29, 0.717) is 11.4 Å². The molecule has 8 heteroatoms. The molecule has 7 nitrogen and oxygen atoms in total. The van der Waals surface area contributed by atoms with Crippen LogP contribution >= 0.6 is 0 Å². The monoisotopic (exact) mass is 423 g/mol. The minimum atomic E-state index is -3.73. The van der Waals surface area contributed by atoms with E-state index in [9.17, 15) is 8.42 Å². The third-order valence-electron chi connectivity index (χ3n) is 5.55. The van der Waals surface area contributed by atoms with E-state index in [4.69, 9.17) is 0 Å². The van der Waals surface area contributed by atoms with Gasteiger partial charge in [-0.25, -0.2) is 17.8 Å². The molecule has 2 aromatic heterocycles. The van der Waals surface area contributed by atoms with Crippen LogP contribution in [0.1, 0.15) is 35.6 Å². The molecular formula is C22H25N5O2S. The Morgan fingerprint density at radius 1 is 1.00 bits per heavy atom. The fraction of sp³-hybridized carbons (Fsp3) is 0.273. The van der Waals surface area contributed by atoms with Crippen molar-refractivity contribution in [2.75, 3.05) is 0 Å². The highest BCUT2D eigenvalue weighted by Crippen LogP contribution is 2.27. The molecule has 30 heavy (non-hydrogen) atoms. The molecule has 0 fully saturated rings. The number of aryl methyl sites for hydroxylation is 2. The van der Waals surface area contributed by atoms with Crippen molar-refractivity contribution in [1.29, 1.82) is 0 Å². The zero-order valence-electron chi connectivity index (χ0n) is 17.7. The molecule has 0 saturated heterocycles. The zero-order chi connectivity index (χ0) is 21.6. The molecule has 1 N–H and O–H groups in total. The number of benzene rings is 2. The number of aromatic nitrogens is 4. The van der Waals surface area contributed by atoms with E-state index in [1.807, 2.05) is 42.8 Å². The lowest BCUT2D eigenvalue weighted by Gasteiger charge is -2.15. The van der Waals surface area contributed by atoms with Crippen molar-refractivity contribution in [3.05, 3.63) is 71.3 Å². The second-order valence-electron chi connectivity index (χ2n) is 7.56. The largest absolute Gasteiger partial charge is 0.271 e. The van der Waals surface area contributed by atoms with Gasteiger partial charge in [0.05, 0.1) is 23.3 Å². The Balaban J connectivity index is 1.70.